The van der Waals surface area contributed by atoms with E-state index in [0.717, 1.165) is 36.3 Å². The standard InChI is InChI=1S/C26H21N3O5S2/c1-4-33-17-7-9-20-21(13-17)35-26(27-20)36-22-10-8-18(34-22)12-19-23(30)28-25(32)29(24(19)31)16-6-5-14(2)15(3)11-16/h5-13H,4H2,1-3H3,(H,28,30,32)/b19-12+. The molecule has 1 aliphatic rings. The number of hydrogen-bond acceptors (Lipinski definition) is 8. The van der Waals surface area contributed by atoms with Crippen LogP contribution in [-0.4, -0.2) is 29.4 Å². The molecule has 0 saturated carbocycles. The van der Waals surface area contributed by atoms with Crippen LogP contribution in [0.3, 0.4) is 0 Å². The number of urea groups is 1. The molecular weight excluding hydrogens is 498 g/mol. The number of aromatic nitrogens is 1. The predicted octanol–water partition coefficient (Wildman–Crippen LogP) is 5.72. The Morgan fingerprint density at radius 2 is 1.92 bits per heavy atom. The maximum absolute atomic E-state index is 13.1. The number of carbonyl (C=O) groups excluding carboxylic acids is 3. The molecule has 3 heterocycles. The number of ether oxygens (including phenoxy) is 1. The summed E-state index contributed by atoms with van der Waals surface area (Å²) in [5.41, 5.74) is 3.01. The van der Waals surface area contributed by atoms with Crippen LogP contribution in [0, 0.1) is 13.8 Å². The van der Waals surface area contributed by atoms with Crippen molar-refractivity contribution in [1.29, 1.82) is 0 Å². The summed E-state index contributed by atoms with van der Waals surface area (Å²) in [6.07, 6.45) is 1.34. The molecule has 4 aromatic rings. The van der Waals surface area contributed by atoms with Crippen LogP contribution in [0.2, 0.25) is 0 Å². The molecule has 0 atom stereocenters. The van der Waals surface area contributed by atoms with Crippen molar-refractivity contribution < 1.29 is 23.5 Å². The summed E-state index contributed by atoms with van der Waals surface area (Å²) >= 11 is 2.85. The van der Waals surface area contributed by atoms with E-state index in [1.807, 2.05) is 45.0 Å². The summed E-state index contributed by atoms with van der Waals surface area (Å²) in [4.78, 5) is 43.6. The zero-order chi connectivity index (χ0) is 25.4. The first-order chi connectivity index (χ1) is 17.3. The highest BCUT2D eigenvalue weighted by molar-refractivity contribution is 8.01. The monoisotopic (exact) mass is 519 g/mol. The van der Waals surface area contributed by atoms with Gasteiger partial charge in [-0.25, -0.2) is 14.7 Å². The molecule has 0 aliphatic carbocycles. The van der Waals surface area contributed by atoms with Gasteiger partial charge in [0.15, 0.2) is 9.43 Å². The first kappa shape index (κ1) is 23.8. The lowest BCUT2D eigenvalue weighted by molar-refractivity contribution is -0.122. The second-order valence-electron chi connectivity index (χ2n) is 8.03. The lowest BCUT2D eigenvalue weighted by Gasteiger charge is -2.26. The Balaban J connectivity index is 1.38. The summed E-state index contributed by atoms with van der Waals surface area (Å²) in [5.74, 6) is -0.383. The lowest BCUT2D eigenvalue weighted by Crippen LogP contribution is -2.54. The molecular formula is C26H21N3O5S2. The molecule has 0 spiro atoms. The Hall–Kier alpha value is -3.89. The number of nitrogens with zero attached hydrogens (tertiary/aromatic N) is 2. The van der Waals surface area contributed by atoms with Crippen LogP contribution < -0.4 is 15.0 Å². The Labute approximate surface area is 215 Å². The first-order valence-electron chi connectivity index (χ1n) is 11.1. The zero-order valence-electron chi connectivity index (χ0n) is 19.7. The topological polar surface area (TPSA) is 102 Å². The van der Waals surface area contributed by atoms with Gasteiger partial charge in [-0.15, -0.1) is 11.3 Å². The average Bonchev–Trinajstić information content (AvgIpc) is 3.45. The second-order valence-corrected chi connectivity index (χ2v) is 10.3. The van der Waals surface area contributed by atoms with Crippen LogP contribution in [0.15, 0.2) is 68.0 Å². The number of fused-ring (bicyclic) bond motifs is 1. The number of furan rings is 1. The van der Waals surface area contributed by atoms with Gasteiger partial charge in [-0.05, 0) is 92.2 Å². The van der Waals surface area contributed by atoms with E-state index in [0.29, 0.717) is 23.1 Å². The molecule has 10 heteroatoms. The maximum Gasteiger partial charge on any atom is 0.335 e. The molecule has 1 saturated heterocycles. The fourth-order valence-electron chi connectivity index (χ4n) is 3.64. The van der Waals surface area contributed by atoms with Crippen LogP contribution in [0.25, 0.3) is 16.3 Å². The Morgan fingerprint density at radius 3 is 2.69 bits per heavy atom. The molecule has 1 N–H and O–H groups in total. The van der Waals surface area contributed by atoms with E-state index in [4.69, 9.17) is 9.15 Å². The average molecular weight is 520 g/mol. The van der Waals surface area contributed by atoms with Crippen LogP contribution in [0.5, 0.6) is 5.75 Å². The molecule has 1 fully saturated rings. The largest absolute Gasteiger partial charge is 0.494 e. The molecule has 8 nitrogen and oxygen atoms in total. The number of carbonyl (C=O) groups is 3. The molecule has 4 amide bonds. The number of rotatable bonds is 6. The number of imide groups is 2. The molecule has 182 valence electrons. The van der Waals surface area contributed by atoms with Gasteiger partial charge in [-0.3, -0.25) is 14.9 Å². The van der Waals surface area contributed by atoms with Gasteiger partial charge < -0.3 is 9.15 Å². The predicted molar refractivity (Wildman–Crippen MR) is 139 cm³/mol. The summed E-state index contributed by atoms with van der Waals surface area (Å²) in [6, 6.07) is 13.6. The van der Waals surface area contributed by atoms with Crippen molar-refractivity contribution >= 4 is 62.9 Å². The van der Waals surface area contributed by atoms with Crippen molar-refractivity contribution in [1.82, 2.24) is 10.3 Å². The molecule has 0 radical (unpaired) electrons. The fourth-order valence-corrected chi connectivity index (χ4v) is 5.63. The number of thiazole rings is 1. The van der Waals surface area contributed by atoms with Crippen molar-refractivity contribution in [2.75, 3.05) is 11.5 Å². The highest BCUT2D eigenvalue weighted by Gasteiger charge is 2.37. The van der Waals surface area contributed by atoms with Gasteiger partial charge in [-0.1, -0.05) is 6.07 Å². The van der Waals surface area contributed by atoms with Crippen LogP contribution >= 0.6 is 23.1 Å². The number of amides is 4. The van der Waals surface area contributed by atoms with Crippen LogP contribution in [0.1, 0.15) is 23.8 Å². The van der Waals surface area contributed by atoms with E-state index in [1.54, 1.807) is 24.3 Å². The summed E-state index contributed by atoms with van der Waals surface area (Å²) in [5, 5.41) is 2.78. The zero-order valence-corrected chi connectivity index (χ0v) is 21.3. The van der Waals surface area contributed by atoms with Gasteiger partial charge in [0.25, 0.3) is 11.8 Å². The minimum atomic E-state index is -0.788. The van der Waals surface area contributed by atoms with E-state index in [9.17, 15) is 14.4 Å². The van der Waals surface area contributed by atoms with Gasteiger partial charge in [0.2, 0.25) is 0 Å². The SMILES string of the molecule is CCOc1ccc2nc(Sc3ccc(/C=C4\C(=O)NC(=O)N(c5ccc(C)c(C)c5)C4=O)o3)sc2c1. The number of anilines is 1. The van der Waals surface area contributed by atoms with Crippen LogP contribution in [0.4, 0.5) is 10.5 Å². The van der Waals surface area contributed by atoms with Crippen molar-refractivity contribution in [3.05, 3.63) is 71.0 Å². The van der Waals surface area contributed by atoms with Crippen LogP contribution in [-0.2, 0) is 9.59 Å². The quantitative estimate of drug-likeness (QED) is 0.257. The van der Waals surface area contributed by atoms with Gasteiger partial charge in [0.05, 0.1) is 22.5 Å². The molecule has 2 aromatic carbocycles. The molecule has 0 bridgehead atoms. The molecule has 2 aromatic heterocycles. The smallest absolute Gasteiger partial charge is 0.335 e. The summed E-state index contributed by atoms with van der Waals surface area (Å²) < 4.78 is 13.2. The molecule has 5 rings (SSSR count). The first-order valence-corrected chi connectivity index (χ1v) is 12.8. The minimum Gasteiger partial charge on any atom is -0.494 e. The number of benzene rings is 2. The van der Waals surface area contributed by atoms with E-state index in [2.05, 4.69) is 10.3 Å². The highest BCUT2D eigenvalue weighted by atomic mass is 32.2. The van der Waals surface area contributed by atoms with Crippen molar-refractivity contribution in [3.8, 4) is 5.75 Å². The van der Waals surface area contributed by atoms with E-state index in [-0.39, 0.29) is 5.57 Å². The minimum absolute atomic E-state index is 0.192. The van der Waals surface area contributed by atoms with Gasteiger partial charge in [0, 0.05) is 0 Å². The van der Waals surface area contributed by atoms with E-state index in [1.165, 1.54) is 29.2 Å². The third-order valence-corrected chi connectivity index (χ3v) is 7.58. The van der Waals surface area contributed by atoms with Crippen molar-refractivity contribution in [2.24, 2.45) is 0 Å². The molecule has 1 aliphatic heterocycles. The van der Waals surface area contributed by atoms with Gasteiger partial charge in [-0.2, -0.15) is 0 Å². The van der Waals surface area contributed by atoms with Crippen molar-refractivity contribution in [2.45, 2.75) is 30.2 Å². The number of aryl methyl sites for hydroxylation is 2. The van der Waals surface area contributed by atoms with Gasteiger partial charge in [0.1, 0.15) is 17.1 Å². The lowest BCUT2D eigenvalue weighted by atomic mass is 10.1. The highest BCUT2D eigenvalue weighted by Crippen LogP contribution is 2.37. The summed E-state index contributed by atoms with van der Waals surface area (Å²) in [6.45, 7) is 6.35. The van der Waals surface area contributed by atoms with E-state index >= 15 is 0 Å². The Morgan fingerprint density at radius 1 is 1.08 bits per heavy atom. The normalized spacial score (nSPS) is 15.1. The van der Waals surface area contributed by atoms with E-state index < -0.39 is 17.8 Å². The maximum atomic E-state index is 13.1. The third kappa shape index (κ3) is 4.65. The molecule has 0 unspecified atom stereocenters. The van der Waals surface area contributed by atoms with Crippen molar-refractivity contribution in [3.63, 3.8) is 0 Å². The molecule has 36 heavy (non-hydrogen) atoms. The second kappa shape index (κ2) is 9.63. The Kier molecular flexibility index (Phi) is 6.38. The fraction of sp³-hybridized carbons (Fsp3) is 0.154. The third-order valence-electron chi connectivity index (χ3n) is 5.58. The number of hydrogen-bond donors (Lipinski definition) is 1. The Bertz CT molecular complexity index is 1550. The summed E-state index contributed by atoms with van der Waals surface area (Å²) in [7, 11) is 0. The number of nitrogens with one attached hydrogen (secondary N) is 1. The number of barbiturate groups is 1. The van der Waals surface area contributed by atoms with Gasteiger partial charge >= 0.3 is 6.03 Å².